The van der Waals surface area contributed by atoms with Crippen molar-refractivity contribution < 1.29 is 19.5 Å². The third kappa shape index (κ3) is 5.33. The standard InChI is InChI=1S/C31H39N3O4S/c1-21-18-24-25(28(36)32-19-22-12-6-4-7-13-22)26-30(38)34(16-10-2-3-11-17-35)27(31(21,26)39-24)29(37)33-20-23-14-8-5-9-15-23/h4-9,12-15,21,24-27,35H,2-3,10-11,16-20H2,1H3,(H,32,36)(H,33,37)/t21?,24-,25+,26+,27?,31?/m1/s1. The molecule has 2 aromatic rings. The van der Waals surface area contributed by atoms with Gasteiger partial charge in [0, 0.05) is 31.5 Å². The summed E-state index contributed by atoms with van der Waals surface area (Å²) in [5.74, 6) is -1.07. The molecule has 208 valence electrons. The average molecular weight is 550 g/mol. The molecule has 1 spiro atoms. The zero-order valence-electron chi connectivity index (χ0n) is 22.6. The van der Waals surface area contributed by atoms with Crippen LogP contribution >= 0.6 is 11.8 Å². The minimum absolute atomic E-state index is 0.0286. The Bertz CT molecular complexity index is 1160. The lowest BCUT2D eigenvalue weighted by Gasteiger charge is -2.38. The van der Waals surface area contributed by atoms with E-state index < -0.39 is 22.6 Å². The van der Waals surface area contributed by atoms with E-state index in [0.29, 0.717) is 19.6 Å². The molecule has 3 unspecified atom stereocenters. The van der Waals surface area contributed by atoms with Crippen molar-refractivity contribution in [1.29, 1.82) is 0 Å². The molecule has 3 amide bonds. The van der Waals surface area contributed by atoms with Crippen molar-refractivity contribution in [3.8, 4) is 0 Å². The minimum atomic E-state index is -0.609. The van der Waals surface area contributed by atoms with Crippen LogP contribution < -0.4 is 10.6 Å². The van der Waals surface area contributed by atoms with Gasteiger partial charge in [0.25, 0.3) is 0 Å². The van der Waals surface area contributed by atoms with Crippen LogP contribution in [0.15, 0.2) is 60.7 Å². The Balaban J connectivity index is 1.38. The number of aliphatic hydroxyl groups excluding tert-OH is 1. The van der Waals surface area contributed by atoms with E-state index in [9.17, 15) is 14.4 Å². The summed E-state index contributed by atoms with van der Waals surface area (Å²) in [4.78, 5) is 43.4. The van der Waals surface area contributed by atoms with E-state index in [2.05, 4.69) is 17.6 Å². The quantitative estimate of drug-likeness (QED) is 0.352. The van der Waals surface area contributed by atoms with Crippen molar-refractivity contribution in [2.45, 2.75) is 68.2 Å². The van der Waals surface area contributed by atoms with Crippen LogP contribution in [0.3, 0.4) is 0 Å². The molecule has 0 aromatic heterocycles. The van der Waals surface area contributed by atoms with Crippen LogP contribution in [-0.4, -0.2) is 56.9 Å². The van der Waals surface area contributed by atoms with Gasteiger partial charge in [-0.25, -0.2) is 0 Å². The highest BCUT2D eigenvalue weighted by molar-refractivity contribution is 8.02. The molecule has 7 nitrogen and oxygen atoms in total. The number of hydrogen-bond acceptors (Lipinski definition) is 5. The fourth-order valence-electron chi connectivity index (χ4n) is 6.89. The Labute approximate surface area is 235 Å². The smallest absolute Gasteiger partial charge is 0.244 e. The summed E-state index contributed by atoms with van der Waals surface area (Å²) >= 11 is 1.71. The lowest BCUT2D eigenvalue weighted by Crippen LogP contribution is -2.56. The third-order valence-electron chi connectivity index (χ3n) is 8.72. The lowest BCUT2D eigenvalue weighted by molar-refractivity contribution is -0.140. The van der Waals surface area contributed by atoms with Crippen LogP contribution in [0, 0.1) is 17.8 Å². The molecule has 39 heavy (non-hydrogen) atoms. The molecule has 3 saturated heterocycles. The first kappa shape index (κ1) is 27.7. The molecule has 8 heteroatoms. The fourth-order valence-corrected chi connectivity index (χ4v) is 9.31. The minimum Gasteiger partial charge on any atom is -0.396 e. The topological polar surface area (TPSA) is 98.7 Å². The highest BCUT2D eigenvalue weighted by Gasteiger charge is 2.75. The number of likely N-dealkylation sites (tertiary alicyclic amines) is 1. The second kappa shape index (κ2) is 12.1. The zero-order valence-corrected chi connectivity index (χ0v) is 23.4. The van der Waals surface area contributed by atoms with Gasteiger partial charge in [0.1, 0.15) is 6.04 Å². The van der Waals surface area contributed by atoms with Crippen molar-refractivity contribution in [2.75, 3.05) is 13.2 Å². The van der Waals surface area contributed by atoms with Crippen molar-refractivity contribution in [3.63, 3.8) is 0 Å². The summed E-state index contributed by atoms with van der Waals surface area (Å²) in [6.07, 6.45) is 4.09. The van der Waals surface area contributed by atoms with Crippen LogP contribution in [0.1, 0.15) is 50.2 Å². The first-order valence-corrected chi connectivity index (χ1v) is 15.1. The van der Waals surface area contributed by atoms with E-state index in [1.165, 1.54) is 0 Å². The number of rotatable bonds is 12. The molecular weight excluding hydrogens is 510 g/mol. The predicted octanol–water partition coefficient (Wildman–Crippen LogP) is 3.51. The molecule has 5 rings (SSSR count). The highest BCUT2D eigenvalue weighted by atomic mass is 32.2. The number of nitrogens with one attached hydrogen (secondary N) is 2. The molecule has 3 aliphatic rings. The van der Waals surface area contributed by atoms with Crippen LogP contribution in [0.5, 0.6) is 0 Å². The number of hydrogen-bond donors (Lipinski definition) is 3. The molecule has 2 bridgehead atoms. The molecule has 0 aliphatic carbocycles. The Morgan fingerprint density at radius 1 is 0.923 bits per heavy atom. The van der Waals surface area contributed by atoms with E-state index in [-0.39, 0.29) is 35.5 Å². The molecule has 3 fully saturated rings. The monoisotopic (exact) mass is 549 g/mol. The Hall–Kier alpha value is -2.84. The van der Waals surface area contributed by atoms with Crippen LogP contribution in [0.2, 0.25) is 0 Å². The number of fused-ring (bicyclic) bond motifs is 1. The van der Waals surface area contributed by atoms with Crippen molar-refractivity contribution in [3.05, 3.63) is 71.8 Å². The number of nitrogens with zero attached hydrogens (tertiary/aromatic N) is 1. The number of thioether (sulfide) groups is 1. The van der Waals surface area contributed by atoms with Crippen molar-refractivity contribution in [1.82, 2.24) is 15.5 Å². The van der Waals surface area contributed by atoms with Gasteiger partial charge in [0.05, 0.1) is 16.6 Å². The highest BCUT2D eigenvalue weighted by Crippen LogP contribution is 2.68. The summed E-state index contributed by atoms with van der Waals surface area (Å²) in [5, 5.41) is 15.4. The van der Waals surface area contributed by atoms with E-state index in [1.54, 1.807) is 16.7 Å². The number of unbranched alkanes of at least 4 members (excludes halogenated alkanes) is 3. The van der Waals surface area contributed by atoms with Gasteiger partial charge in [-0.2, -0.15) is 0 Å². The SMILES string of the molecule is CC1C[C@H]2SC13C(C(=O)NCc1ccccc1)N(CCCCCCO)C(=O)[C@@H]3[C@H]2C(=O)NCc1ccccc1. The van der Waals surface area contributed by atoms with Crippen molar-refractivity contribution in [2.24, 2.45) is 17.8 Å². The number of carbonyl (C=O) groups is 3. The molecule has 3 aliphatic heterocycles. The van der Waals surface area contributed by atoms with E-state index in [0.717, 1.165) is 43.2 Å². The van der Waals surface area contributed by atoms with Gasteiger partial charge in [-0.15, -0.1) is 11.8 Å². The summed E-state index contributed by atoms with van der Waals surface area (Å²) < 4.78 is -0.609. The first-order chi connectivity index (χ1) is 19.0. The second-order valence-electron chi connectivity index (χ2n) is 11.1. The maximum absolute atomic E-state index is 14.1. The normalized spacial score (nSPS) is 28.9. The number of aliphatic hydroxyl groups is 1. The van der Waals surface area contributed by atoms with Gasteiger partial charge < -0.3 is 20.6 Å². The number of carbonyl (C=O) groups excluding carboxylic acids is 3. The van der Waals surface area contributed by atoms with Gasteiger partial charge >= 0.3 is 0 Å². The summed E-state index contributed by atoms with van der Waals surface area (Å²) in [5.41, 5.74) is 2.03. The maximum Gasteiger partial charge on any atom is 0.244 e. The third-order valence-corrected chi connectivity index (χ3v) is 10.8. The van der Waals surface area contributed by atoms with Gasteiger partial charge in [-0.1, -0.05) is 80.4 Å². The summed E-state index contributed by atoms with van der Waals surface area (Å²) in [6.45, 7) is 3.62. The maximum atomic E-state index is 14.1. The fraction of sp³-hybridized carbons (Fsp3) is 0.516. The molecule has 2 aromatic carbocycles. The predicted molar refractivity (Wildman–Crippen MR) is 153 cm³/mol. The molecule has 3 heterocycles. The summed E-state index contributed by atoms with van der Waals surface area (Å²) in [7, 11) is 0. The lowest BCUT2D eigenvalue weighted by atomic mass is 9.66. The van der Waals surface area contributed by atoms with Crippen molar-refractivity contribution >= 4 is 29.5 Å². The first-order valence-electron chi connectivity index (χ1n) is 14.2. The molecule has 6 atom stereocenters. The molecular formula is C31H39N3O4S. The summed E-state index contributed by atoms with van der Waals surface area (Å²) in [6, 6.07) is 19.0. The van der Waals surface area contributed by atoms with E-state index in [1.807, 2.05) is 60.7 Å². The second-order valence-corrected chi connectivity index (χ2v) is 12.7. The molecule has 0 radical (unpaired) electrons. The van der Waals surface area contributed by atoms with E-state index in [4.69, 9.17) is 5.11 Å². The van der Waals surface area contributed by atoms with Gasteiger partial charge in [0.15, 0.2) is 0 Å². The van der Waals surface area contributed by atoms with E-state index >= 15 is 0 Å². The van der Waals surface area contributed by atoms with Gasteiger partial charge in [0.2, 0.25) is 17.7 Å². The van der Waals surface area contributed by atoms with Crippen LogP contribution in [0.25, 0.3) is 0 Å². The largest absolute Gasteiger partial charge is 0.396 e. The molecule has 0 saturated carbocycles. The number of benzene rings is 2. The average Bonchev–Trinajstić information content (AvgIpc) is 3.55. The Morgan fingerprint density at radius 3 is 2.13 bits per heavy atom. The Kier molecular flexibility index (Phi) is 8.62. The van der Waals surface area contributed by atoms with Crippen LogP contribution in [0.4, 0.5) is 0 Å². The zero-order chi connectivity index (χ0) is 27.4. The van der Waals surface area contributed by atoms with Crippen LogP contribution in [-0.2, 0) is 27.5 Å². The van der Waals surface area contributed by atoms with Gasteiger partial charge in [-0.05, 0) is 36.3 Å². The Morgan fingerprint density at radius 2 is 1.51 bits per heavy atom. The van der Waals surface area contributed by atoms with Gasteiger partial charge in [-0.3, -0.25) is 14.4 Å². The molecule has 3 N–H and O–H groups in total. The number of amides is 3.